The van der Waals surface area contributed by atoms with Gasteiger partial charge in [-0.25, -0.2) is 4.79 Å². The Morgan fingerprint density at radius 1 is 1.00 bits per heavy atom. The van der Waals surface area contributed by atoms with Crippen molar-refractivity contribution in [1.29, 1.82) is 0 Å². The third kappa shape index (κ3) is 3.47. The highest BCUT2D eigenvalue weighted by molar-refractivity contribution is 6.00. The number of aryl methyl sites for hydroxylation is 2. The van der Waals surface area contributed by atoms with Gasteiger partial charge in [0.05, 0.1) is 6.04 Å². The second kappa shape index (κ2) is 6.94. The maximum Gasteiger partial charge on any atom is 0.437 e. The predicted octanol–water partition coefficient (Wildman–Crippen LogP) is 3.41. The van der Waals surface area contributed by atoms with E-state index in [0.717, 1.165) is 11.1 Å². The highest BCUT2D eigenvalue weighted by atomic mass is 19.4. The van der Waals surface area contributed by atoms with Crippen LogP contribution in [0.4, 0.5) is 18.0 Å². The average molecular weight is 392 g/mol. The fourth-order valence-corrected chi connectivity index (χ4v) is 3.29. The first kappa shape index (κ1) is 19.9. The smallest absolute Gasteiger partial charge is 0.363 e. The molecule has 2 aromatic rings. The monoisotopic (exact) mass is 392 g/mol. The summed E-state index contributed by atoms with van der Waals surface area (Å²) in [6.45, 7) is 3.57. The van der Waals surface area contributed by atoms with Crippen LogP contribution in [0, 0.1) is 19.8 Å². The van der Waals surface area contributed by atoms with Crippen LogP contribution in [0.1, 0.15) is 33.1 Å². The predicted molar refractivity (Wildman–Crippen MR) is 95.6 cm³/mol. The number of amides is 2. The van der Waals surface area contributed by atoms with Gasteiger partial charge >= 0.3 is 12.2 Å². The lowest BCUT2D eigenvalue weighted by atomic mass is 9.77. The molecular formula is C20H19F3N2O3. The number of aliphatic hydroxyl groups is 1. The van der Waals surface area contributed by atoms with E-state index < -0.39 is 35.7 Å². The normalized spacial score (nSPS) is 25.0. The fraction of sp³-hybridized carbons (Fsp3) is 0.300. The minimum Gasteiger partial charge on any atom is -0.363 e. The molecule has 0 bridgehead atoms. The van der Waals surface area contributed by atoms with Gasteiger partial charge in [-0.05, 0) is 19.4 Å². The van der Waals surface area contributed by atoms with Crippen molar-refractivity contribution in [3.8, 4) is 0 Å². The molecule has 0 spiro atoms. The Bertz CT molecular complexity index is 894. The van der Waals surface area contributed by atoms with Crippen LogP contribution >= 0.6 is 0 Å². The number of Topliss-reactive ketones (excluding diaryl/α,β-unsaturated/α-hetero) is 1. The van der Waals surface area contributed by atoms with Gasteiger partial charge in [0, 0.05) is 5.56 Å². The largest absolute Gasteiger partial charge is 0.437 e. The number of nitrogens with one attached hydrogen (secondary N) is 2. The molecule has 2 aromatic carbocycles. The van der Waals surface area contributed by atoms with Gasteiger partial charge in [-0.3, -0.25) is 4.79 Å². The Morgan fingerprint density at radius 3 is 2.00 bits per heavy atom. The molecule has 28 heavy (non-hydrogen) atoms. The summed E-state index contributed by atoms with van der Waals surface area (Å²) in [5, 5.41) is 14.4. The third-order valence-electron chi connectivity index (χ3n) is 4.86. The van der Waals surface area contributed by atoms with E-state index in [1.165, 1.54) is 29.6 Å². The molecule has 0 saturated carbocycles. The van der Waals surface area contributed by atoms with Crippen molar-refractivity contribution < 1.29 is 27.9 Å². The molecular weight excluding hydrogens is 373 g/mol. The number of urea groups is 1. The summed E-state index contributed by atoms with van der Waals surface area (Å²) in [5.74, 6) is -2.95. The Morgan fingerprint density at radius 2 is 1.50 bits per heavy atom. The lowest BCUT2D eigenvalue weighted by molar-refractivity contribution is -0.287. The van der Waals surface area contributed by atoms with Crippen LogP contribution in [0.2, 0.25) is 0 Å². The van der Waals surface area contributed by atoms with Crippen LogP contribution in [-0.2, 0) is 0 Å². The van der Waals surface area contributed by atoms with Crippen molar-refractivity contribution in [3.05, 3.63) is 70.8 Å². The topological polar surface area (TPSA) is 78.4 Å². The zero-order chi connectivity index (χ0) is 20.7. The van der Waals surface area contributed by atoms with Crippen LogP contribution in [-0.4, -0.2) is 28.8 Å². The van der Waals surface area contributed by atoms with Crippen LogP contribution in [0.25, 0.3) is 0 Å². The zero-order valence-electron chi connectivity index (χ0n) is 15.2. The molecule has 0 radical (unpaired) electrons. The minimum atomic E-state index is -5.27. The van der Waals surface area contributed by atoms with E-state index in [1.54, 1.807) is 38.1 Å². The quantitative estimate of drug-likeness (QED) is 0.701. The fourth-order valence-electron chi connectivity index (χ4n) is 3.29. The van der Waals surface area contributed by atoms with E-state index in [1.807, 2.05) is 0 Å². The average Bonchev–Trinajstić information content (AvgIpc) is 2.61. The summed E-state index contributed by atoms with van der Waals surface area (Å²) < 4.78 is 41.4. The summed E-state index contributed by atoms with van der Waals surface area (Å²) in [6, 6.07) is 9.77. The van der Waals surface area contributed by atoms with Gasteiger partial charge in [0.1, 0.15) is 5.92 Å². The first-order valence-corrected chi connectivity index (χ1v) is 8.58. The molecule has 2 amide bonds. The van der Waals surface area contributed by atoms with Crippen LogP contribution < -0.4 is 10.6 Å². The number of carbonyl (C=O) groups is 2. The van der Waals surface area contributed by atoms with Gasteiger partial charge in [-0.2, -0.15) is 13.2 Å². The maximum absolute atomic E-state index is 13.8. The van der Waals surface area contributed by atoms with E-state index in [2.05, 4.69) is 5.32 Å². The number of hydrogen-bond acceptors (Lipinski definition) is 3. The number of hydrogen-bond donors (Lipinski definition) is 3. The molecule has 5 nitrogen and oxygen atoms in total. The number of benzene rings is 2. The van der Waals surface area contributed by atoms with Gasteiger partial charge in [0.15, 0.2) is 5.78 Å². The Hall–Kier alpha value is -2.87. The Kier molecular flexibility index (Phi) is 4.93. The minimum absolute atomic E-state index is 0.00772. The Labute approximate surface area is 159 Å². The van der Waals surface area contributed by atoms with E-state index in [4.69, 9.17) is 0 Å². The van der Waals surface area contributed by atoms with Gasteiger partial charge in [0.2, 0.25) is 5.72 Å². The molecule has 3 N–H and O–H groups in total. The molecule has 3 atom stereocenters. The standard InChI is InChI=1S/C20H19F3N2O3/c1-11-3-7-13(8-4-11)16-15(17(26)14-9-5-12(2)6-10-14)19(28,20(21,22)23)25-18(27)24-16/h3-10,15-16,28H,1-2H3,(H2,24,25,27). The number of rotatable bonds is 3. The van der Waals surface area contributed by atoms with Crippen molar-refractivity contribution >= 4 is 11.8 Å². The summed E-state index contributed by atoms with van der Waals surface area (Å²) in [6.07, 6.45) is -5.27. The number of alkyl halides is 3. The van der Waals surface area contributed by atoms with Gasteiger partial charge < -0.3 is 15.7 Å². The SMILES string of the molecule is Cc1ccc(C(=O)C2C(c3ccc(C)cc3)NC(=O)NC2(O)C(F)(F)F)cc1. The molecule has 3 rings (SSSR count). The summed E-state index contributed by atoms with van der Waals surface area (Å²) in [7, 11) is 0. The van der Waals surface area contributed by atoms with Crippen LogP contribution in [0.3, 0.4) is 0 Å². The molecule has 8 heteroatoms. The Balaban J connectivity index is 2.15. The van der Waals surface area contributed by atoms with E-state index in [9.17, 15) is 27.9 Å². The molecule has 1 aliphatic heterocycles. The van der Waals surface area contributed by atoms with Crippen molar-refractivity contribution in [1.82, 2.24) is 10.6 Å². The van der Waals surface area contributed by atoms with Crippen molar-refractivity contribution in [2.45, 2.75) is 31.8 Å². The van der Waals surface area contributed by atoms with E-state index in [0.29, 0.717) is 0 Å². The summed E-state index contributed by atoms with van der Waals surface area (Å²) >= 11 is 0. The van der Waals surface area contributed by atoms with Crippen LogP contribution in [0.5, 0.6) is 0 Å². The molecule has 1 fully saturated rings. The molecule has 3 unspecified atom stereocenters. The number of halogens is 3. The second-order valence-corrected chi connectivity index (χ2v) is 6.96. The molecule has 0 aromatic heterocycles. The molecule has 1 saturated heterocycles. The number of carbonyl (C=O) groups excluding carboxylic acids is 2. The van der Waals surface area contributed by atoms with Gasteiger partial charge in [-0.15, -0.1) is 0 Å². The van der Waals surface area contributed by atoms with Crippen LogP contribution in [0.15, 0.2) is 48.5 Å². The number of ketones is 1. The van der Waals surface area contributed by atoms with E-state index >= 15 is 0 Å². The highest BCUT2D eigenvalue weighted by Gasteiger charge is 2.66. The van der Waals surface area contributed by atoms with Crippen molar-refractivity contribution in [2.75, 3.05) is 0 Å². The van der Waals surface area contributed by atoms with Gasteiger partial charge in [0.25, 0.3) is 0 Å². The highest BCUT2D eigenvalue weighted by Crippen LogP contribution is 2.43. The van der Waals surface area contributed by atoms with E-state index in [-0.39, 0.29) is 11.1 Å². The van der Waals surface area contributed by atoms with Gasteiger partial charge in [-0.1, -0.05) is 59.7 Å². The summed E-state index contributed by atoms with van der Waals surface area (Å²) in [5.41, 5.74) is -1.74. The molecule has 1 heterocycles. The lowest BCUT2D eigenvalue weighted by Crippen LogP contribution is -2.72. The second-order valence-electron chi connectivity index (χ2n) is 6.96. The summed E-state index contributed by atoms with van der Waals surface area (Å²) in [4.78, 5) is 25.0. The van der Waals surface area contributed by atoms with Crippen molar-refractivity contribution in [3.63, 3.8) is 0 Å². The third-order valence-corrected chi connectivity index (χ3v) is 4.86. The maximum atomic E-state index is 13.8. The van der Waals surface area contributed by atoms with Crippen molar-refractivity contribution in [2.24, 2.45) is 5.92 Å². The molecule has 1 aliphatic rings. The molecule has 148 valence electrons. The lowest BCUT2D eigenvalue weighted by Gasteiger charge is -2.45. The molecule has 0 aliphatic carbocycles. The zero-order valence-corrected chi connectivity index (χ0v) is 15.2. The first-order chi connectivity index (χ1) is 13.0. The first-order valence-electron chi connectivity index (χ1n) is 8.58.